The minimum Gasteiger partial charge on any atom is -0.382 e. The van der Waals surface area contributed by atoms with Crippen molar-refractivity contribution in [1.82, 2.24) is 9.47 Å². The van der Waals surface area contributed by atoms with Crippen LogP contribution in [0.5, 0.6) is 0 Å². The van der Waals surface area contributed by atoms with Crippen LogP contribution in [0, 0.1) is 0 Å². The van der Waals surface area contributed by atoms with E-state index in [4.69, 9.17) is 16.3 Å². The number of piperidine rings is 1. The normalized spacial score (nSPS) is 17.5. The summed E-state index contributed by atoms with van der Waals surface area (Å²) in [5, 5.41) is 8.53. The number of anilines is 2. The van der Waals surface area contributed by atoms with Gasteiger partial charge in [-0.25, -0.2) is 0 Å². The molecule has 0 aliphatic carbocycles. The molecule has 5 nitrogen and oxygen atoms in total. The zero-order valence-electron chi connectivity index (χ0n) is 23.5. The van der Waals surface area contributed by atoms with Gasteiger partial charge in [0.2, 0.25) is 0 Å². The number of halogens is 4. The molecular formula is C33H36ClF3N4O. The predicted molar refractivity (Wildman–Crippen MR) is 164 cm³/mol. The van der Waals surface area contributed by atoms with Crippen molar-refractivity contribution < 1.29 is 17.9 Å². The summed E-state index contributed by atoms with van der Waals surface area (Å²) in [7, 11) is 0. The molecule has 2 saturated heterocycles. The van der Waals surface area contributed by atoms with Gasteiger partial charge in [0.25, 0.3) is 0 Å². The molecule has 222 valence electrons. The SMILES string of the molecule is FC(F)(F)Cn1c(-c2ccc(CNc3ccc(Cl)cc3)cc2)cc2c(NC3CCN(C4CCOCC4)CC3)cccc21. The zero-order valence-corrected chi connectivity index (χ0v) is 24.2. The minimum atomic E-state index is -4.34. The maximum absolute atomic E-state index is 13.8. The van der Waals surface area contributed by atoms with Gasteiger partial charge >= 0.3 is 6.18 Å². The average Bonchev–Trinajstić information content (AvgIpc) is 3.36. The van der Waals surface area contributed by atoms with Crippen LogP contribution in [-0.2, 0) is 17.8 Å². The quantitative estimate of drug-likeness (QED) is 0.215. The second-order valence-electron chi connectivity index (χ2n) is 11.3. The lowest BCUT2D eigenvalue weighted by Crippen LogP contribution is -2.46. The molecule has 0 saturated carbocycles. The van der Waals surface area contributed by atoms with Crippen LogP contribution in [-0.4, -0.2) is 54.0 Å². The van der Waals surface area contributed by atoms with Gasteiger partial charge in [-0.05, 0) is 79.3 Å². The summed E-state index contributed by atoms with van der Waals surface area (Å²) < 4.78 is 48.3. The summed E-state index contributed by atoms with van der Waals surface area (Å²) in [6, 6.07) is 23.6. The molecule has 4 aromatic rings. The molecule has 2 N–H and O–H groups in total. The Morgan fingerprint density at radius 2 is 1.60 bits per heavy atom. The second-order valence-corrected chi connectivity index (χ2v) is 11.8. The van der Waals surface area contributed by atoms with Gasteiger partial charge in [0, 0.05) is 72.4 Å². The Hall–Kier alpha value is -3.20. The first kappa shape index (κ1) is 28.9. The Morgan fingerprint density at radius 1 is 0.881 bits per heavy atom. The first-order valence-electron chi connectivity index (χ1n) is 14.7. The number of fused-ring (bicyclic) bond motifs is 1. The molecule has 9 heteroatoms. The van der Waals surface area contributed by atoms with Crippen LogP contribution in [0.15, 0.2) is 72.8 Å². The van der Waals surface area contributed by atoms with Crippen LogP contribution in [0.4, 0.5) is 24.5 Å². The van der Waals surface area contributed by atoms with Crippen LogP contribution in [0.25, 0.3) is 22.2 Å². The van der Waals surface area contributed by atoms with Crippen molar-refractivity contribution >= 4 is 33.9 Å². The average molecular weight is 597 g/mol. The smallest absolute Gasteiger partial charge is 0.382 e. The fourth-order valence-electron chi connectivity index (χ4n) is 6.24. The van der Waals surface area contributed by atoms with Crippen molar-refractivity contribution in [3.63, 3.8) is 0 Å². The van der Waals surface area contributed by atoms with Gasteiger partial charge in [0.05, 0.1) is 5.52 Å². The molecule has 2 fully saturated rings. The number of alkyl halides is 3. The standard InChI is InChI=1S/C33H36ClF3N4O/c34-25-8-10-26(11-9-25)38-21-23-4-6-24(7-5-23)32-20-29-30(2-1-3-31(29)41(32)22-33(35,36)37)39-27-12-16-40(17-13-27)28-14-18-42-19-15-28/h1-11,20,27-28,38-39H,12-19,21-22H2. The van der Waals surface area contributed by atoms with Gasteiger partial charge in [-0.2, -0.15) is 13.2 Å². The van der Waals surface area contributed by atoms with Gasteiger partial charge in [0.15, 0.2) is 0 Å². The number of ether oxygens (including phenoxy) is 1. The summed E-state index contributed by atoms with van der Waals surface area (Å²) in [5.41, 5.74) is 4.76. The number of rotatable bonds is 8. The highest BCUT2D eigenvalue weighted by Crippen LogP contribution is 2.36. The third kappa shape index (κ3) is 6.88. The Kier molecular flexibility index (Phi) is 8.65. The molecule has 1 aromatic heterocycles. The lowest BCUT2D eigenvalue weighted by molar-refractivity contribution is -0.139. The minimum absolute atomic E-state index is 0.286. The highest BCUT2D eigenvalue weighted by Gasteiger charge is 2.31. The Balaban J connectivity index is 1.21. The van der Waals surface area contributed by atoms with Crippen LogP contribution >= 0.6 is 11.6 Å². The molecule has 3 heterocycles. The summed E-state index contributed by atoms with van der Waals surface area (Å²) in [5.74, 6) is 0. The van der Waals surface area contributed by atoms with Crippen molar-refractivity contribution in [3.05, 3.63) is 83.4 Å². The molecule has 6 rings (SSSR count). The fraction of sp³-hybridized carbons (Fsp3) is 0.394. The van der Waals surface area contributed by atoms with Crippen molar-refractivity contribution in [1.29, 1.82) is 0 Å². The molecule has 0 amide bonds. The zero-order chi connectivity index (χ0) is 29.1. The van der Waals surface area contributed by atoms with E-state index in [2.05, 4.69) is 15.5 Å². The Morgan fingerprint density at radius 3 is 2.29 bits per heavy atom. The summed E-state index contributed by atoms with van der Waals surface area (Å²) in [4.78, 5) is 2.58. The topological polar surface area (TPSA) is 41.5 Å². The largest absolute Gasteiger partial charge is 0.406 e. The summed E-state index contributed by atoms with van der Waals surface area (Å²) in [6.07, 6.45) is -0.145. The van der Waals surface area contributed by atoms with Crippen LogP contribution < -0.4 is 10.6 Å². The first-order valence-corrected chi connectivity index (χ1v) is 15.1. The van der Waals surface area contributed by atoms with Crippen LogP contribution in [0.1, 0.15) is 31.2 Å². The molecule has 2 aliphatic heterocycles. The van der Waals surface area contributed by atoms with Gasteiger partial charge in [-0.15, -0.1) is 0 Å². The van der Waals surface area contributed by atoms with Gasteiger partial charge in [-0.3, -0.25) is 0 Å². The molecular weight excluding hydrogens is 561 g/mol. The van der Waals surface area contributed by atoms with Crippen molar-refractivity contribution in [2.45, 2.75) is 57.0 Å². The van der Waals surface area contributed by atoms with Gasteiger partial charge in [0.1, 0.15) is 6.54 Å². The van der Waals surface area contributed by atoms with E-state index >= 15 is 0 Å². The number of aromatic nitrogens is 1. The fourth-order valence-corrected chi connectivity index (χ4v) is 6.37. The van der Waals surface area contributed by atoms with E-state index in [1.54, 1.807) is 6.07 Å². The molecule has 0 atom stereocenters. The molecule has 0 bridgehead atoms. The Bertz CT molecular complexity index is 1470. The maximum atomic E-state index is 13.8. The van der Waals surface area contributed by atoms with E-state index in [0.717, 1.165) is 79.9 Å². The monoisotopic (exact) mass is 596 g/mol. The predicted octanol–water partition coefficient (Wildman–Crippen LogP) is 8.19. The van der Waals surface area contributed by atoms with Crippen LogP contribution in [0.2, 0.25) is 5.02 Å². The number of hydrogen-bond acceptors (Lipinski definition) is 4. The van der Waals surface area contributed by atoms with E-state index in [9.17, 15) is 13.2 Å². The molecule has 3 aromatic carbocycles. The third-order valence-corrected chi connectivity index (χ3v) is 8.72. The van der Waals surface area contributed by atoms with E-state index in [-0.39, 0.29) is 6.04 Å². The molecule has 42 heavy (non-hydrogen) atoms. The number of benzene rings is 3. The van der Waals surface area contributed by atoms with Gasteiger partial charge < -0.3 is 24.8 Å². The number of likely N-dealkylation sites (tertiary alicyclic amines) is 1. The van der Waals surface area contributed by atoms with Crippen LogP contribution in [0.3, 0.4) is 0 Å². The highest BCUT2D eigenvalue weighted by molar-refractivity contribution is 6.30. The van der Waals surface area contributed by atoms with E-state index in [1.807, 2.05) is 66.7 Å². The molecule has 0 radical (unpaired) electrons. The number of nitrogens with zero attached hydrogens (tertiary/aromatic N) is 2. The van der Waals surface area contributed by atoms with E-state index < -0.39 is 12.7 Å². The highest BCUT2D eigenvalue weighted by atomic mass is 35.5. The van der Waals surface area contributed by atoms with Crippen molar-refractivity contribution in [2.24, 2.45) is 0 Å². The Labute approximate surface area is 249 Å². The summed E-state index contributed by atoms with van der Waals surface area (Å²) >= 11 is 5.97. The lowest BCUT2D eigenvalue weighted by atomic mass is 9.99. The van der Waals surface area contributed by atoms with Crippen molar-refractivity contribution in [2.75, 3.05) is 36.9 Å². The third-order valence-electron chi connectivity index (χ3n) is 8.47. The maximum Gasteiger partial charge on any atom is 0.406 e. The molecule has 2 aliphatic rings. The lowest BCUT2D eigenvalue weighted by Gasteiger charge is -2.39. The van der Waals surface area contributed by atoms with E-state index in [1.165, 1.54) is 4.57 Å². The second kappa shape index (κ2) is 12.6. The molecule has 0 unspecified atom stereocenters. The van der Waals surface area contributed by atoms with E-state index in [0.29, 0.717) is 28.8 Å². The number of hydrogen-bond donors (Lipinski definition) is 2. The summed E-state index contributed by atoms with van der Waals surface area (Å²) in [6.45, 7) is 3.28. The number of nitrogens with one attached hydrogen (secondary N) is 2. The van der Waals surface area contributed by atoms with Crippen molar-refractivity contribution in [3.8, 4) is 11.3 Å². The van der Waals surface area contributed by atoms with Gasteiger partial charge in [-0.1, -0.05) is 41.9 Å². The molecule has 0 spiro atoms. The first-order chi connectivity index (χ1) is 20.3.